The summed E-state index contributed by atoms with van der Waals surface area (Å²) in [6, 6.07) is 12.9. The maximum atomic E-state index is 12.8. The molecule has 1 saturated heterocycles. The van der Waals surface area contributed by atoms with Gasteiger partial charge in [-0.15, -0.1) is 0 Å². The number of nitrogens with zero attached hydrogens (tertiary/aromatic N) is 1. The number of ether oxygens (including phenoxy) is 2. The Morgan fingerprint density at radius 3 is 2.68 bits per heavy atom. The minimum atomic E-state index is -0.227. The molecule has 1 aliphatic rings. The number of furan rings is 1. The largest absolute Gasteiger partial charge is 0.504 e. The minimum absolute atomic E-state index is 0.0834. The van der Waals surface area contributed by atoms with Crippen LogP contribution in [0.4, 0.5) is 0 Å². The lowest BCUT2D eigenvalue weighted by Crippen LogP contribution is -2.42. The first-order valence-corrected chi connectivity index (χ1v) is 9.34. The lowest BCUT2D eigenvalue weighted by Gasteiger charge is -2.29. The second-order valence-corrected chi connectivity index (χ2v) is 6.95. The van der Waals surface area contributed by atoms with E-state index in [0.29, 0.717) is 37.8 Å². The van der Waals surface area contributed by atoms with Crippen molar-refractivity contribution in [2.75, 3.05) is 33.4 Å². The molecule has 0 radical (unpaired) electrons. The number of benzene rings is 2. The Hall–Kier alpha value is -2.99. The van der Waals surface area contributed by atoms with E-state index in [1.807, 2.05) is 36.1 Å². The van der Waals surface area contributed by atoms with Crippen LogP contribution < -0.4 is 4.74 Å². The van der Waals surface area contributed by atoms with Crippen molar-refractivity contribution in [3.05, 3.63) is 48.0 Å². The lowest BCUT2D eigenvalue weighted by atomic mass is 9.98. The fourth-order valence-corrected chi connectivity index (χ4v) is 3.50. The van der Waals surface area contributed by atoms with Crippen LogP contribution in [0.25, 0.3) is 22.3 Å². The number of phenols is 1. The van der Waals surface area contributed by atoms with E-state index in [0.717, 1.165) is 22.1 Å². The molecule has 146 valence electrons. The summed E-state index contributed by atoms with van der Waals surface area (Å²) >= 11 is 0. The monoisotopic (exact) mass is 381 g/mol. The number of hydrogen-bond donors (Lipinski definition) is 1. The summed E-state index contributed by atoms with van der Waals surface area (Å²) in [5.74, 6) is 1.05. The SMILES string of the molecule is COc1cc(-c2cc3cc(C(C)C(=O)N4CCOCC4)ccc3o2)ccc1O. The Morgan fingerprint density at radius 2 is 1.93 bits per heavy atom. The van der Waals surface area contributed by atoms with Crippen molar-refractivity contribution in [3.8, 4) is 22.8 Å². The molecule has 28 heavy (non-hydrogen) atoms. The Morgan fingerprint density at radius 1 is 1.14 bits per heavy atom. The van der Waals surface area contributed by atoms with Gasteiger partial charge in [-0.25, -0.2) is 0 Å². The van der Waals surface area contributed by atoms with E-state index in [-0.39, 0.29) is 17.6 Å². The summed E-state index contributed by atoms with van der Waals surface area (Å²) in [6.45, 7) is 4.41. The number of fused-ring (bicyclic) bond motifs is 1. The number of rotatable bonds is 4. The first-order valence-electron chi connectivity index (χ1n) is 9.34. The van der Waals surface area contributed by atoms with Crippen LogP contribution in [0.5, 0.6) is 11.5 Å². The quantitative estimate of drug-likeness (QED) is 0.745. The average Bonchev–Trinajstić information content (AvgIpc) is 3.17. The van der Waals surface area contributed by atoms with Crippen molar-refractivity contribution in [1.29, 1.82) is 0 Å². The van der Waals surface area contributed by atoms with E-state index >= 15 is 0 Å². The van der Waals surface area contributed by atoms with Gasteiger partial charge in [0.05, 0.1) is 26.2 Å². The molecule has 6 nitrogen and oxygen atoms in total. The van der Waals surface area contributed by atoms with Gasteiger partial charge in [0.15, 0.2) is 11.5 Å². The van der Waals surface area contributed by atoms with Gasteiger partial charge in [0.1, 0.15) is 11.3 Å². The average molecular weight is 381 g/mol. The Bertz CT molecular complexity index is 1000. The van der Waals surface area contributed by atoms with Crippen molar-refractivity contribution < 1.29 is 23.8 Å². The van der Waals surface area contributed by atoms with Crippen LogP contribution in [0.2, 0.25) is 0 Å². The van der Waals surface area contributed by atoms with Gasteiger partial charge in [-0.2, -0.15) is 0 Å². The summed E-state index contributed by atoms with van der Waals surface area (Å²) in [5.41, 5.74) is 2.52. The molecular weight excluding hydrogens is 358 g/mol. The molecule has 6 heteroatoms. The molecule has 3 aromatic rings. The number of phenolic OH excluding ortho intramolecular Hbond substituents is 1. The highest BCUT2D eigenvalue weighted by atomic mass is 16.5. The molecule has 1 amide bonds. The van der Waals surface area contributed by atoms with E-state index < -0.39 is 0 Å². The third-order valence-electron chi connectivity index (χ3n) is 5.20. The van der Waals surface area contributed by atoms with E-state index in [9.17, 15) is 9.90 Å². The summed E-state index contributed by atoms with van der Waals surface area (Å²) in [6.07, 6.45) is 0. The molecule has 0 bridgehead atoms. The molecule has 2 aromatic carbocycles. The van der Waals surface area contributed by atoms with Crippen LogP contribution in [-0.4, -0.2) is 49.3 Å². The fourth-order valence-electron chi connectivity index (χ4n) is 3.50. The summed E-state index contributed by atoms with van der Waals surface area (Å²) in [7, 11) is 1.51. The second-order valence-electron chi connectivity index (χ2n) is 6.95. The van der Waals surface area contributed by atoms with Crippen molar-refractivity contribution in [3.63, 3.8) is 0 Å². The van der Waals surface area contributed by atoms with Gasteiger partial charge in [0, 0.05) is 24.0 Å². The smallest absolute Gasteiger partial charge is 0.229 e. The summed E-state index contributed by atoms with van der Waals surface area (Å²) in [5, 5.41) is 10.7. The zero-order chi connectivity index (χ0) is 19.7. The zero-order valence-electron chi connectivity index (χ0n) is 16.0. The Kier molecular flexibility index (Phi) is 4.96. The fraction of sp³-hybridized carbons (Fsp3) is 0.318. The van der Waals surface area contributed by atoms with Crippen LogP contribution in [0.3, 0.4) is 0 Å². The molecule has 0 saturated carbocycles. The summed E-state index contributed by atoms with van der Waals surface area (Å²) in [4.78, 5) is 14.6. The minimum Gasteiger partial charge on any atom is -0.504 e. The molecule has 1 aliphatic heterocycles. The molecule has 0 spiro atoms. The molecular formula is C22H23NO5. The van der Waals surface area contributed by atoms with Crippen molar-refractivity contribution in [2.24, 2.45) is 0 Å². The van der Waals surface area contributed by atoms with Gasteiger partial charge < -0.3 is 23.9 Å². The van der Waals surface area contributed by atoms with Crippen LogP contribution in [0.15, 0.2) is 46.9 Å². The van der Waals surface area contributed by atoms with E-state index in [4.69, 9.17) is 13.9 Å². The predicted octanol–water partition coefficient (Wildman–Crippen LogP) is 3.78. The van der Waals surface area contributed by atoms with Crippen molar-refractivity contribution in [2.45, 2.75) is 12.8 Å². The number of carbonyl (C=O) groups excluding carboxylic acids is 1. The van der Waals surface area contributed by atoms with Gasteiger partial charge >= 0.3 is 0 Å². The maximum absolute atomic E-state index is 12.8. The van der Waals surface area contributed by atoms with Crippen LogP contribution in [0, 0.1) is 0 Å². The van der Waals surface area contributed by atoms with Gasteiger partial charge in [0.2, 0.25) is 5.91 Å². The number of aromatic hydroxyl groups is 1. The summed E-state index contributed by atoms with van der Waals surface area (Å²) < 4.78 is 16.5. The number of amides is 1. The molecule has 2 heterocycles. The normalized spacial score (nSPS) is 15.6. The topological polar surface area (TPSA) is 72.1 Å². The van der Waals surface area contributed by atoms with E-state index in [2.05, 4.69) is 0 Å². The maximum Gasteiger partial charge on any atom is 0.229 e. The molecule has 0 aliphatic carbocycles. The third-order valence-corrected chi connectivity index (χ3v) is 5.20. The van der Waals surface area contributed by atoms with Gasteiger partial charge in [-0.3, -0.25) is 4.79 Å². The number of hydrogen-bond acceptors (Lipinski definition) is 5. The molecule has 4 rings (SSSR count). The number of morpholine rings is 1. The molecule has 1 aromatic heterocycles. The molecule has 1 N–H and O–H groups in total. The Balaban J connectivity index is 1.62. The number of methoxy groups -OCH3 is 1. The standard InChI is InChI=1S/C22H23NO5/c1-14(22(25)23-7-9-27-10-8-23)15-4-6-19-17(11-15)13-20(28-19)16-3-5-18(24)21(12-16)26-2/h3-6,11-14,24H,7-10H2,1-2H3. The molecule has 1 atom stereocenters. The van der Waals surface area contributed by atoms with Crippen LogP contribution in [0.1, 0.15) is 18.4 Å². The lowest BCUT2D eigenvalue weighted by molar-refractivity contribution is -0.136. The molecule has 1 unspecified atom stereocenters. The van der Waals surface area contributed by atoms with Gasteiger partial charge in [-0.05, 0) is 48.9 Å². The second kappa shape index (κ2) is 7.56. The highest BCUT2D eigenvalue weighted by Gasteiger charge is 2.24. The van der Waals surface area contributed by atoms with Crippen LogP contribution >= 0.6 is 0 Å². The predicted molar refractivity (Wildman–Crippen MR) is 106 cm³/mol. The number of carbonyl (C=O) groups is 1. The molecule has 1 fully saturated rings. The zero-order valence-corrected chi connectivity index (χ0v) is 16.0. The van der Waals surface area contributed by atoms with Gasteiger partial charge in [0.25, 0.3) is 0 Å². The third kappa shape index (κ3) is 3.43. The van der Waals surface area contributed by atoms with E-state index in [1.54, 1.807) is 18.2 Å². The van der Waals surface area contributed by atoms with Gasteiger partial charge in [-0.1, -0.05) is 6.07 Å². The van der Waals surface area contributed by atoms with E-state index in [1.165, 1.54) is 7.11 Å². The Labute approximate surface area is 163 Å². The van der Waals surface area contributed by atoms with Crippen molar-refractivity contribution >= 4 is 16.9 Å². The highest BCUT2D eigenvalue weighted by Crippen LogP contribution is 2.35. The van der Waals surface area contributed by atoms with Crippen LogP contribution in [-0.2, 0) is 9.53 Å². The first kappa shape index (κ1) is 18.4. The highest BCUT2D eigenvalue weighted by molar-refractivity contribution is 5.88. The first-order chi connectivity index (χ1) is 13.6. The van der Waals surface area contributed by atoms with Crippen molar-refractivity contribution in [1.82, 2.24) is 4.90 Å².